The molecule has 2 aromatic rings. The maximum absolute atomic E-state index is 12.6. The zero-order valence-corrected chi connectivity index (χ0v) is 13.7. The molecule has 0 bridgehead atoms. The van der Waals surface area contributed by atoms with Crippen molar-refractivity contribution in [3.63, 3.8) is 0 Å². The van der Waals surface area contributed by atoms with Crippen molar-refractivity contribution in [1.29, 1.82) is 0 Å². The van der Waals surface area contributed by atoms with Gasteiger partial charge >= 0.3 is 5.69 Å². The van der Waals surface area contributed by atoms with Crippen molar-refractivity contribution < 1.29 is 9.90 Å². The zero-order valence-electron chi connectivity index (χ0n) is 12.9. The van der Waals surface area contributed by atoms with Gasteiger partial charge in [0.25, 0.3) is 0 Å². The van der Waals surface area contributed by atoms with Crippen molar-refractivity contribution in [2.75, 3.05) is 13.1 Å². The molecule has 0 saturated carbocycles. The lowest BCUT2D eigenvalue weighted by molar-refractivity contribution is -0.162. The van der Waals surface area contributed by atoms with Crippen LogP contribution in [0.5, 0.6) is 0 Å². The Labute approximate surface area is 142 Å². The van der Waals surface area contributed by atoms with E-state index in [1.807, 2.05) is 0 Å². The molecule has 4 rings (SSSR count). The molecule has 3 heterocycles. The Morgan fingerprint density at radius 3 is 2.75 bits per heavy atom. The number of amides is 1. The molecular weight excluding hydrogens is 332 g/mol. The SMILES string of the molecule is O=C(C1CCc2n[nH]c(=O)n2C1)N1CC(O)(c2ccc(Cl)cc2)C1. The van der Waals surface area contributed by atoms with E-state index < -0.39 is 5.60 Å². The van der Waals surface area contributed by atoms with Gasteiger partial charge in [-0.05, 0) is 24.1 Å². The number of aryl methyl sites for hydroxylation is 1. The molecule has 0 radical (unpaired) electrons. The van der Waals surface area contributed by atoms with Gasteiger partial charge in [-0.15, -0.1) is 0 Å². The van der Waals surface area contributed by atoms with E-state index >= 15 is 0 Å². The summed E-state index contributed by atoms with van der Waals surface area (Å²) in [6, 6.07) is 7.02. The van der Waals surface area contributed by atoms with E-state index in [-0.39, 0.29) is 30.6 Å². The van der Waals surface area contributed by atoms with Crippen LogP contribution in [0.3, 0.4) is 0 Å². The Hall–Kier alpha value is -2.12. The van der Waals surface area contributed by atoms with E-state index in [2.05, 4.69) is 10.2 Å². The number of aromatic amines is 1. The van der Waals surface area contributed by atoms with Crippen LogP contribution in [0.15, 0.2) is 29.1 Å². The number of hydrogen-bond acceptors (Lipinski definition) is 4. The fourth-order valence-electron chi connectivity index (χ4n) is 3.49. The lowest BCUT2D eigenvalue weighted by atomic mass is 9.84. The summed E-state index contributed by atoms with van der Waals surface area (Å²) in [5.74, 6) is 0.431. The highest BCUT2D eigenvalue weighted by Gasteiger charge is 2.46. The minimum atomic E-state index is -1.02. The number of carbonyl (C=O) groups is 1. The molecule has 1 unspecified atom stereocenters. The largest absolute Gasteiger partial charge is 0.381 e. The second kappa shape index (κ2) is 5.46. The third-order valence-electron chi connectivity index (χ3n) is 4.90. The topological polar surface area (TPSA) is 91.2 Å². The van der Waals surface area contributed by atoms with Gasteiger partial charge in [0.1, 0.15) is 11.4 Å². The summed E-state index contributed by atoms with van der Waals surface area (Å²) < 4.78 is 1.53. The third kappa shape index (κ3) is 2.44. The van der Waals surface area contributed by atoms with Gasteiger partial charge in [0.2, 0.25) is 5.91 Å². The number of fused-ring (bicyclic) bond motifs is 1. The van der Waals surface area contributed by atoms with Gasteiger partial charge in [0.05, 0.1) is 19.0 Å². The monoisotopic (exact) mass is 348 g/mol. The number of H-pyrrole nitrogens is 1. The maximum Gasteiger partial charge on any atom is 0.343 e. The van der Waals surface area contributed by atoms with Crippen molar-refractivity contribution in [2.45, 2.75) is 25.0 Å². The van der Waals surface area contributed by atoms with Crippen molar-refractivity contribution >= 4 is 17.5 Å². The van der Waals surface area contributed by atoms with Crippen LogP contribution in [0.1, 0.15) is 17.8 Å². The van der Waals surface area contributed by atoms with Crippen LogP contribution >= 0.6 is 11.6 Å². The standard InChI is InChI=1S/C16H17ClN4O3/c17-12-4-2-11(3-5-12)16(24)8-20(9-16)14(22)10-1-6-13-18-19-15(23)21(13)7-10/h2-5,10,24H,1,6-9H2,(H,19,23). The summed E-state index contributed by atoms with van der Waals surface area (Å²) in [7, 11) is 0. The van der Waals surface area contributed by atoms with Gasteiger partial charge in [-0.3, -0.25) is 9.36 Å². The number of β-amino-alcohol motifs (C(OH)–C–C–N with tert-alkyl or cyclic N) is 1. The minimum Gasteiger partial charge on any atom is -0.381 e. The van der Waals surface area contributed by atoms with Crippen LogP contribution in [0.2, 0.25) is 5.02 Å². The summed E-state index contributed by atoms with van der Waals surface area (Å²) in [6.45, 7) is 0.869. The molecule has 8 heteroatoms. The van der Waals surface area contributed by atoms with Gasteiger partial charge in [0, 0.05) is 18.0 Å². The molecule has 0 aliphatic carbocycles. The van der Waals surface area contributed by atoms with E-state index in [4.69, 9.17) is 11.6 Å². The van der Waals surface area contributed by atoms with E-state index in [0.717, 1.165) is 5.56 Å². The molecule has 1 fully saturated rings. The van der Waals surface area contributed by atoms with Crippen LogP contribution in [0, 0.1) is 5.92 Å². The molecule has 126 valence electrons. The number of nitrogens with one attached hydrogen (secondary N) is 1. The number of hydrogen-bond donors (Lipinski definition) is 2. The number of rotatable bonds is 2. The van der Waals surface area contributed by atoms with Gasteiger partial charge in [0.15, 0.2) is 0 Å². The third-order valence-corrected chi connectivity index (χ3v) is 5.16. The second-order valence-electron chi connectivity index (χ2n) is 6.52. The van der Waals surface area contributed by atoms with Gasteiger partial charge < -0.3 is 10.0 Å². The van der Waals surface area contributed by atoms with Crippen molar-refractivity contribution in [1.82, 2.24) is 19.7 Å². The van der Waals surface area contributed by atoms with Crippen molar-refractivity contribution in [3.8, 4) is 0 Å². The zero-order chi connectivity index (χ0) is 16.9. The number of aromatic nitrogens is 3. The van der Waals surface area contributed by atoms with E-state index in [9.17, 15) is 14.7 Å². The molecule has 24 heavy (non-hydrogen) atoms. The quantitative estimate of drug-likeness (QED) is 0.827. The first-order valence-electron chi connectivity index (χ1n) is 7.87. The van der Waals surface area contributed by atoms with Crippen LogP contribution in [0.25, 0.3) is 0 Å². The molecular formula is C16H17ClN4O3. The molecule has 1 aromatic heterocycles. The number of likely N-dealkylation sites (tertiary alicyclic amines) is 1. The van der Waals surface area contributed by atoms with E-state index in [1.54, 1.807) is 29.2 Å². The highest BCUT2D eigenvalue weighted by Crippen LogP contribution is 2.34. The summed E-state index contributed by atoms with van der Waals surface area (Å²) in [5, 5.41) is 17.6. The number of halogens is 1. The normalized spacial score (nSPS) is 21.9. The first kappa shape index (κ1) is 15.4. The predicted molar refractivity (Wildman–Crippen MR) is 86.6 cm³/mol. The van der Waals surface area contributed by atoms with Crippen LogP contribution in [-0.2, 0) is 23.4 Å². The average Bonchev–Trinajstić information content (AvgIpc) is 2.92. The van der Waals surface area contributed by atoms with Gasteiger partial charge in [-0.2, -0.15) is 5.10 Å². The molecule has 1 saturated heterocycles. The fourth-order valence-corrected chi connectivity index (χ4v) is 3.61. The Morgan fingerprint density at radius 2 is 2.04 bits per heavy atom. The molecule has 1 aromatic carbocycles. The van der Waals surface area contributed by atoms with Gasteiger partial charge in [-0.1, -0.05) is 23.7 Å². The summed E-state index contributed by atoms with van der Waals surface area (Å²) in [6.07, 6.45) is 1.27. The lowest BCUT2D eigenvalue weighted by Crippen LogP contribution is -2.62. The highest BCUT2D eigenvalue weighted by atomic mass is 35.5. The van der Waals surface area contributed by atoms with Crippen LogP contribution in [-0.4, -0.2) is 43.8 Å². The van der Waals surface area contributed by atoms with Gasteiger partial charge in [-0.25, -0.2) is 9.89 Å². The first-order chi connectivity index (χ1) is 11.5. The van der Waals surface area contributed by atoms with E-state index in [0.29, 0.717) is 30.2 Å². The summed E-state index contributed by atoms with van der Waals surface area (Å²) >= 11 is 5.87. The molecule has 1 amide bonds. The minimum absolute atomic E-state index is 0.0209. The Balaban J connectivity index is 1.44. The van der Waals surface area contributed by atoms with Crippen LogP contribution in [0.4, 0.5) is 0 Å². The molecule has 7 nitrogen and oxygen atoms in total. The average molecular weight is 349 g/mol. The number of carbonyl (C=O) groups excluding carboxylic acids is 1. The van der Waals surface area contributed by atoms with Crippen molar-refractivity contribution in [2.24, 2.45) is 5.92 Å². The second-order valence-corrected chi connectivity index (χ2v) is 6.96. The molecule has 1 atom stereocenters. The smallest absolute Gasteiger partial charge is 0.343 e. The molecule has 0 spiro atoms. The van der Waals surface area contributed by atoms with Crippen molar-refractivity contribution in [3.05, 3.63) is 51.2 Å². The Kier molecular flexibility index (Phi) is 3.51. The molecule has 2 N–H and O–H groups in total. The lowest BCUT2D eigenvalue weighted by Gasteiger charge is -2.48. The summed E-state index contributed by atoms with van der Waals surface area (Å²) in [5.41, 5.74) is -0.538. The Bertz CT molecular complexity index is 836. The Morgan fingerprint density at radius 1 is 1.33 bits per heavy atom. The molecule has 2 aliphatic rings. The van der Waals surface area contributed by atoms with Crippen LogP contribution < -0.4 is 5.69 Å². The number of benzene rings is 1. The fraction of sp³-hybridized carbons (Fsp3) is 0.438. The maximum atomic E-state index is 12.6. The number of nitrogens with zero attached hydrogens (tertiary/aromatic N) is 3. The van der Waals surface area contributed by atoms with E-state index in [1.165, 1.54) is 4.57 Å². The number of aliphatic hydroxyl groups is 1. The molecule has 2 aliphatic heterocycles. The summed E-state index contributed by atoms with van der Waals surface area (Å²) in [4.78, 5) is 26.0. The highest BCUT2D eigenvalue weighted by molar-refractivity contribution is 6.30. The predicted octanol–water partition coefficient (Wildman–Crippen LogP) is 0.517. The first-order valence-corrected chi connectivity index (χ1v) is 8.25.